The number of carboxylic acids is 4. The minimum atomic E-state index is -1.80. The topological polar surface area (TPSA) is 612 Å². The van der Waals surface area contributed by atoms with Crippen molar-refractivity contribution >= 4 is 117 Å². The molecule has 0 fully saturated rings. The highest BCUT2D eigenvalue weighted by Gasteiger charge is 2.37. The maximum absolute atomic E-state index is 14.8. The van der Waals surface area contributed by atoms with Crippen molar-refractivity contribution in [3.8, 4) is 0 Å². The van der Waals surface area contributed by atoms with Crippen LogP contribution in [0.25, 0.3) is 10.9 Å². The number of aromatic nitrogens is 1. The van der Waals surface area contributed by atoms with E-state index in [1.807, 2.05) is 0 Å². The lowest BCUT2D eigenvalue weighted by atomic mass is 9.96. The predicted octanol–water partition coefficient (Wildman–Crippen LogP) is 2.59. The van der Waals surface area contributed by atoms with Crippen LogP contribution >= 0.6 is 0 Å². The van der Waals surface area contributed by atoms with Crippen LogP contribution in [-0.4, -0.2) is 218 Å². The van der Waals surface area contributed by atoms with Crippen molar-refractivity contribution in [1.29, 1.82) is 0 Å². The van der Waals surface area contributed by atoms with Gasteiger partial charge in [-0.25, -0.2) is 9.59 Å². The number of hydrogen-bond donors (Lipinski definition) is 20. The third kappa shape index (κ3) is 42.7. The molecule has 0 spiro atoms. The average molecular weight is 1730 g/mol. The Hall–Kier alpha value is -11.6. The molecule has 22 N–H and O–H groups in total. The third-order valence-electron chi connectivity index (χ3n) is 20.7. The zero-order chi connectivity index (χ0) is 91.7. The predicted molar refractivity (Wildman–Crippen MR) is 454 cm³/mol. The van der Waals surface area contributed by atoms with Gasteiger partial charge in [-0.2, -0.15) is 0 Å². The van der Waals surface area contributed by atoms with Crippen molar-refractivity contribution in [3.05, 3.63) is 71.9 Å². The van der Waals surface area contributed by atoms with E-state index in [9.17, 15) is 107 Å². The number of aromatic amines is 1. The second-order valence-electron chi connectivity index (χ2n) is 31.7. The van der Waals surface area contributed by atoms with Crippen LogP contribution in [0.1, 0.15) is 240 Å². The molecule has 0 saturated carbocycles. The number of unbranched alkanes of at least 4 members (excludes halogenated alkanes) is 13. The van der Waals surface area contributed by atoms with Crippen LogP contribution in [-0.2, 0) is 99.1 Å². The van der Waals surface area contributed by atoms with Gasteiger partial charge in [0.1, 0.15) is 66.5 Å². The number of carboxylic acid groups (broad SMARTS) is 4. The van der Waals surface area contributed by atoms with E-state index in [4.69, 9.17) is 11.5 Å². The number of primary amides is 1. The first-order valence-electron chi connectivity index (χ1n) is 42.7. The molecule has 1 heterocycles. The van der Waals surface area contributed by atoms with E-state index in [1.54, 1.807) is 88.5 Å². The molecule has 38 nitrogen and oxygen atoms in total. The van der Waals surface area contributed by atoms with E-state index < -0.39 is 230 Å². The molecule has 38 heteroatoms. The Balaban J connectivity index is 1.88. The van der Waals surface area contributed by atoms with Crippen LogP contribution in [0.4, 0.5) is 0 Å². The van der Waals surface area contributed by atoms with Gasteiger partial charge in [-0.15, -0.1) is 0 Å². The smallest absolute Gasteiger partial charge is 0.326 e. The number of hydrogen-bond acceptors (Lipinski definition) is 19. The first kappa shape index (κ1) is 106. The first-order valence-corrected chi connectivity index (χ1v) is 42.7. The number of carbonyl (C=O) groups excluding carboxylic acids is 14. The summed E-state index contributed by atoms with van der Waals surface area (Å²) in [6.45, 7) is 11.9. The van der Waals surface area contributed by atoms with E-state index in [-0.39, 0.29) is 76.7 Å². The fraction of sp³-hybridized carbons (Fsp3) is 0.624. The molecule has 0 bridgehead atoms. The zero-order valence-electron chi connectivity index (χ0n) is 72.1. The fourth-order valence-corrected chi connectivity index (χ4v) is 13.2. The van der Waals surface area contributed by atoms with Gasteiger partial charge in [-0.3, -0.25) is 76.7 Å². The number of rotatable bonds is 64. The molecular weight excluding hydrogens is 1600 g/mol. The van der Waals surface area contributed by atoms with E-state index >= 15 is 0 Å². The number of benzene rings is 2. The van der Waals surface area contributed by atoms with Crippen LogP contribution in [0.2, 0.25) is 0 Å². The lowest BCUT2D eigenvalue weighted by molar-refractivity contribution is -0.142. The van der Waals surface area contributed by atoms with Crippen molar-refractivity contribution in [2.45, 2.75) is 314 Å². The highest BCUT2D eigenvalue weighted by Crippen LogP contribution is 2.21. The number of nitrogens with one attached hydrogen (secondary N) is 14. The highest BCUT2D eigenvalue weighted by atomic mass is 16.4. The Morgan fingerprint density at radius 2 is 0.829 bits per heavy atom. The van der Waals surface area contributed by atoms with Crippen LogP contribution in [0.15, 0.2) is 60.8 Å². The molecule has 0 aliphatic rings. The van der Waals surface area contributed by atoms with Gasteiger partial charge in [0.15, 0.2) is 0 Å². The van der Waals surface area contributed by atoms with Gasteiger partial charge in [0.25, 0.3) is 0 Å². The minimum absolute atomic E-state index is 0.00287. The Bertz CT molecular complexity index is 3970. The Morgan fingerprint density at radius 1 is 0.382 bits per heavy atom. The fourth-order valence-electron chi connectivity index (χ4n) is 13.2. The van der Waals surface area contributed by atoms with Crippen molar-refractivity contribution in [3.63, 3.8) is 0 Å². The molecular formula is C85H132N16O22. The van der Waals surface area contributed by atoms with Crippen LogP contribution in [0.5, 0.6) is 0 Å². The van der Waals surface area contributed by atoms with E-state index in [0.717, 1.165) is 43.0 Å². The molecule has 0 aliphatic carbocycles. The summed E-state index contributed by atoms with van der Waals surface area (Å²) in [4.78, 5) is 243. The molecule has 3 rings (SSSR count). The molecule has 1 aromatic heterocycles. The Labute approximate surface area is 717 Å². The Kier molecular flexibility index (Phi) is 49.5. The minimum Gasteiger partial charge on any atom is -0.481 e. The summed E-state index contributed by atoms with van der Waals surface area (Å²) in [5.74, 6) is -18.9. The van der Waals surface area contributed by atoms with Gasteiger partial charge in [-0.05, 0) is 108 Å². The lowest BCUT2D eigenvalue weighted by Crippen LogP contribution is -2.61. The highest BCUT2D eigenvalue weighted by molar-refractivity contribution is 6.00. The number of H-pyrrole nitrogens is 1. The van der Waals surface area contributed by atoms with E-state index in [0.29, 0.717) is 17.5 Å². The number of fused-ring (bicyclic) bond motifs is 1. The van der Waals surface area contributed by atoms with Crippen LogP contribution in [0.3, 0.4) is 0 Å². The van der Waals surface area contributed by atoms with Crippen LogP contribution in [0, 0.1) is 11.8 Å². The molecule has 0 radical (unpaired) electrons. The normalized spacial score (nSPS) is 14.3. The lowest BCUT2D eigenvalue weighted by Gasteiger charge is -2.29. The van der Waals surface area contributed by atoms with Gasteiger partial charge in [0.05, 0.1) is 12.6 Å². The number of nitrogens with two attached hydrogens (primary N) is 2. The molecule has 3 aromatic rings. The molecule has 684 valence electrons. The molecule has 14 amide bonds. The van der Waals surface area contributed by atoms with E-state index in [2.05, 4.69) is 81.0 Å². The van der Waals surface area contributed by atoms with Crippen molar-refractivity contribution in [2.75, 3.05) is 13.1 Å². The summed E-state index contributed by atoms with van der Waals surface area (Å²) < 4.78 is 0. The van der Waals surface area contributed by atoms with Crippen molar-refractivity contribution in [1.82, 2.24) is 74.1 Å². The quantitative estimate of drug-likeness (QED) is 0.0361. The first-order chi connectivity index (χ1) is 58.3. The largest absolute Gasteiger partial charge is 0.481 e. The Morgan fingerprint density at radius 3 is 1.38 bits per heavy atom. The molecule has 2 aromatic carbocycles. The summed E-state index contributed by atoms with van der Waals surface area (Å²) in [7, 11) is 0. The molecule has 0 aliphatic heterocycles. The standard InChI is InChI=1S/C85H132N16O22/c1-9-11-12-13-14-15-16-17-18-19-20-21-25-35-69(104)95-64(84(120)121)37-41-68(103)88-44-29-28-34-60(96-75(111)53(7)91-74(110)52(6)92-79(115)62(36-40-67(87)102)94-70(105)49-90-78(114)61(38-42-71(106)107)97-77(113)58(86)45-50(3)4)80(116)98-63(39-43-72(108)109)81(117)99-65(46-55-30-23-22-24-31-55)82(118)101-73(51(5)10-2)83(119)93-54(8)76(112)100-66(85(122)123)47-56-48-89-59-33-27-26-32-57(56)59/h22-24,26-27,30-33,48,50-54,58,60-66,73,89H,9-21,25,28-29,34-47,49,86H2,1-8H3,(H2,87,102)(H,88,103)(H,90,114)(H,91,110)(H,92,115)(H,93,119)(H,94,105)(H,95,104)(H,96,111)(H,97,113)(H,98,116)(H,99,117)(H,100,112)(H,101,118)(H,106,107)(H,108,109)(H,120,121)(H,122,123)/t51-,52-,53-,54-,58-,60-,61-,62-,63-,64-,65-,66-,73-/m0/s1. The zero-order valence-corrected chi connectivity index (χ0v) is 72.1. The number of para-hydroxylation sites is 1. The average Bonchev–Trinajstić information content (AvgIpc) is 1.70. The third-order valence-corrected chi connectivity index (χ3v) is 20.7. The van der Waals surface area contributed by atoms with Crippen LogP contribution < -0.4 is 80.6 Å². The maximum atomic E-state index is 14.8. The van der Waals surface area contributed by atoms with Crippen molar-refractivity contribution in [2.24, 2.45) is 23.3 Å². The van der Waals surface area contributed by atoms with Gasteiger partial charge in [0, 0.05) is 68.6 Å². The second-order valence-corrected chi connectivity index (χ2v) is 31.7. The second kappa shape index (κ2) is 57.6. The van der Waals surface area contributed by atoms with Crippen molar-refractivity contribution < 1.29 is 107 Å². The summed E-state index contributed by atoms with van der Waals surface area (Å²) in [6.07, 6.45) is 12.1. The molecule has 13 atom stereocenters. The summed E-state index contributed by atoms with van der Waals surface area (Å²) in [6, 6.07) is -2.44. The summed E-state index contributed by atoms with van der Waals surface area (Å²) >= 11 is 0. The van der Waals surface area contributed by atoms with Gasteiger partial charge in [-0.1, -0.05) is 167 Å². The molecule has 123 heavy (non-hydrogen) atoms. The monoisotopic (exact) mass is 1730 g/mol. The van der Waals surface area contributed by atoms with Gasteiger partial charge >= 0.3 is 23.9 Å². The summed E-state index contributed by atoms with van der Waals surface area (Å²) in [5, 5.41) is 72.3. The summed E-state index contributed by atoms with van der Waals surface area (Å²) in [5.41, 5.74) is 13.1. The van der Waals surface area contributed by atoms with E-state index in [1.165, 1.54) is 65.7 Å². The number of amides is 14. The van der Waals surface area contributed by atoms with Gasteiger partial charge in [0.2, 0.25) is 82.7 Å². The number of aliphatic carboxylic acids is 4. The number of carbonyl (C=O) groups is 18. The maximum Gasteiger partial charge on any atom is 0.326 e. The molecule has 0 unspecified atom stereocenters. The molecule has 0 saturated heterocycles. The SMILES string of the molecule is CCCCCCCCCCCCCCCC(=O)N[C@@H](CCC(=O)NCCCC[C@H](NC(=O)[C@H](C)NC(=O)[C@H](C)NC(=O)[C@H](CCC(N)=O)NC(=O)CNC(=O)[C@H](CCC(=O)O)NC(=O)[C@@H](N)CC(C)C)C(=O)N[C@@H](CCC(=O)O)C(=O)N[C@@H](Cc1ccccc1)C(=O)N[C@H](C(=O)N[C@@H](C)C(=O)N[C@@H](Cc1c[nH]c2ccccc12)C(=O)O)[C@@H](C)CC)C(=O)O. The van der Waals surface area contributed by atoms with Gasteiger partial charge < -0.3 is 106 Å².